The zero-order valence-corrected chi connectivity index (χ0v) is 11.8. The Bertz CT molecular complexity index is 780. The molecule has 0 aliphatic carbocycles. The van der Waals surface area contributed by atoms with E-state index in [1.165, 1.54) is 6.07 Å². The lowest BCUT2D eigenvalue weighted by Crippen LogP contribution is -1.95. The second kappa shape index (κ2) is 4.35. The Kier molecular flexibility index (Phi) is 2.78. The highest BCUT2D eigenvalue weighted by Gasteiger charge is 2.15. The standard InChI is InChI=1S/C14H11BrFN3/c1-8-2-5-12-18-13(14(17)19(12)7-8)10-4-3-9(15)6-11(10)16/h2-7H,17H2,1H3. The first kappa shape index (κ1) is 12.2. The average molecular weight is 320 g/mol. The summed E-state index contributed by atoms with van der Waals surface area (Å²) in [5, 5.41) is 0. The first-order valence-corrected chi connectivity index (χ1v) is 6.55. The van der Waals surface area contributed by atoms with Crippen molar-refractivity contribution in [3.8, 4) is 11.3 Å². The number of aryl methyl sites for hydroxylation is 1. The van der Waals surface area contributed by atoms with Gasteiger partial charge in [-0.25, -0.2) is 9.37 Å². The smallest absolute Gasteiger partial charge is 0.139 e. The fourth-order valence-electron chi connectivity index (χ4n) is 2.05. The molecule has 19 heavy (non-hydrogen) atoms. The SMILES string of the molecule is Cc1ccc2nc(-c3ccc(Br)cc3F)c(N)n2c1. The Balaban J connectivity index is 2.28. The quantitative estimate of drug-likeness (QED) is 0.741. The van der Waals surface area contributed by atoms with Gasteiger partial charge in [0, 0.05) is 16.2 Å². The Morgan fingerprint density at radius 1 is 1.26 bits per heavy atom. The third-order valence-corrected chi connectivity index (χ3v) is 3.48. The highest BCUT2D eigenvalue weighted by atomic mass is 79.9. The number of anilines is 1. The molecule has 0 unspecified atom stereocenters. The van der Waals surface area contributed by atoms with Gasteiger partial charge in [0.2, 0.25) is 0 Å². The summed E-state index contributed by atoms with van der Waals surface area (Å²) in [5.41, 5.74) is 8.72. The third kappa shape index (κ3) is 2.00. The van der Waals surface area contributed by atoms with E-state index in [0.717, 1.165) is 5.56 Å². The summed E-state index contributed by atoms with van der Waals surface area (Å²) in [4.78, 5) is 4.40. The summed E-state index contributed by atoms with van der Waals surface area (Å²) in [5.74, 6) is 0.0983. The third-order valence-electron chi connectivity index (χ3n) is 2.99. The van der Waals surface area contributed by atoms with Crippen molar-refractivity contribution in [2.75, 3.05) is 5.73 Å². The van der Waals surface area contributed by atoms with Crippen LogP contribution in [-0.4, -0.2) is 9.38 Å². The monoisotopic (exact) mass is 319 g/mol. The number of nitrogen functional groups attached to an aromatic ring is 1. The highest BCUT2D eigenvalue weighted by molar-refractivity contribution is 9.10. The van der Waals surface area contributed by atoms with Gasteiger partial charge in [0.25, 0.3) is 0 Å². The van der Waals surface area contributed by atoms with Crippen LogP contribution in [0.1, 0.15) is 5.56 Å². The lowest BCUT2D eigenvalue weighted by molar-refractivity contribution is 0.630. The number of rotatable bonds is 1. The number of nitrogens with two attached hydrogens (primary N) is 1. The second-order valence-corrected chi connectivity index (χ2v) is 5.32. The number of pyridine rings is 1. The molecule has 5 heteroatoms. The molecule has 0 aliphatic rings. The fraction of sp³-hybridized carbons (Fsp3) is 0.0714. The molecule has 3 rings (SSSR count). The molecule has 0 fully saturated rings. The van der Waals surface area contributed by atoms with Gasteiger partial charge in [0.15, 0.2) is 0 Å². The van der Waals surface area contributed by atoms with Gasteiger partial charge in [0.1, 0.15) is 23.0 Å². The highest BCUT2D eigenvalue weighted by Crippen LogP contribution is 2.30. The fourth-order valence-corrected chi connectivity index (χ4v) is 2.38. The van der Waals surface area contributed by atoms with E-state index in [1.54, 1.807) is 16.5 Å². The van der Waals surface area contributed by atoms with Crippen molar-refractivity contribution in [3.63, 3.8) is 0 Å². The number of hydrogen-bond acceptors (Lipinski definition) is 2. The molecule has 2 heterocycles. The van der Waals surface area contributed by atoms with E-state index in [9.17, 15) is 4.39 Å². The molecular weight excluding hydrogens is 309 g/mol. The Labute approximate surface area is 118 Å². The molecule has 0 saturated carbocycles. The molecule has 96 valence electrons. The van der Waals surface area contributed by atoms with Gasteiger partial charge in [-0.3, -0.25) is 4.40 Å². The van der Waals surface area contributed by atoms with Crippen molar-refractivity contribution in [1.29, 1.82) is 0 Å². The maximum Gasteiger partial charge on any atom is 0.139 e. The molecule has 3 aromatic rings. The summed E-state index contributed by atoms with van der Waals surface area (Å²) in [7, 11) is 0. The van der Waals surface area contributed by atoms with E-state index in [1.807, 2.05) is 25.3 Å². The van der Waals surface area contributed by atoms with Gasteiger partial charge >= 0.3 is 0 Å². The largest absolute Gasteiger partial charge is 0.383 e. The van der Waals surface area contributed by atoms with Crippen LogP contribution in [0.2, 0.25) is 0 Å². The van der Waals surface area contributed by atoms with Crippen LogP contribution in [0, 0.1) is 12.7 Å². The van der Waals surface area contributed by atoms with Gasteiger partial charge in [0.05, 0.1) is 0 Å². The van der Waals surface area contributed by atoms with E-state index >= 15 is 0 Å². The molecule has 2 N–H and O–H groups in total. The molecule has 0 spiro atoms. The zero-order valence-electron chi connectivity index (χ0n) is 10.2. The lowest BCUT2D eigenvalue weighted by atomic mass is 10.1. The molecule has 0 atom stereocenters. The molecule has 3 nitrogen and oxygen atoms in total. The number of halogens is 2. The first-order valence-electron chi connectivity index (χ1n) is 5.76. The first-order chi connectivity index (χ1) is 9.06. The van der Waals surface area contributed by atoms with E-state index < -0.39 is 0 Å². The molecular formula is C14H11BrFN3. The Morgan fingerprint density at radius 2 is 2.05 bits per heavy atom. The molecule has 2 aromatic heterocycles. The predicted octanol–water partition coefficient (Wildman–Crippen LogP) is 3.79. The average Bonchev–Trinajstić information content (AvgIpc) is 2.67. The van der Waals surface area contributed by atoms with Crippen molar-refractivity contribution in [2.24, 2.45) is 0 Å². The summed E-state index contributed by atoms with van der Waals surface area (Å²) < 4.78 is 16.4. The van der Waals surface area contributed by atoms with E-state index in [-0.39, 0.29) is 5.82 Å². The van der Waals surface area contributed by atoms with Gasteiger partial charge in [-0.15, -0.1) is 0 Å². The maximum absolute atomic E-state index is 14.0. The summed E-state index contributed by atoms with van der Waals surface area (Å²) >= 11 is 3.23. The van der Waals surface area contributed by atoms with Crippen LogP contribution in [0.4, 0.5) is 10.2 Å². The summed E-state index contributed by atoms with van der Waals surface area (Å²) in [6.45, 7) is 1.97. The number of benzene rings is 1. The van der Waals surface area contributed by atoms with Gasteiger partial charge in [-0.05, 0) is 36.8 Å². The van der Waals surface area contributed by atoms with Crippen molar-refractivity contribution in [2.45, 2.75) is 6.92 Å². The molecule has 0 radical (unpaired) electrons. The number of nitrogens with zero attached hydrogens (tertiary/aromatic N) is 2. The van der Waals surface area contributed by atoms with Crippen LogP contribution in [0.15, 0.2) is 41.0 Å². The summed E-state index contributed by atoms with van der Waals surface area (Å²) in [6, 6.07) is 8.66. The van der Waals surface area contributed by atoms with E-state index in [0.29, 0.717) is 27.2 Å². The zero-order chi connectivity index (χ0) is 13.6. The molecule has 0 aliphatic heterocycles. The number of fused-ring (bicyclic) bond motifs is 1. The van der Waals surface area contributed by atoms with E-state index in [4.69, 9.17) is 5.73 Å². The van der Waals surface area contributed by atoms with Gasteiger partial charge in [-0.2, -0.15) is 0 Å². The summed E-state index contributed by atoms with van der Waals surface area (Å²) in [6.07, 6.45) is 1.89. The van der Waals surface area contributed by atoms with Crippen molar-refractivity contribution >= 4 is 27.4 Å². The van der Waals surface area contributed by atoms with Crippen molar-refractivity contribution < 1.29 is 4.39 Å². The van der Waals surface area contributed by atoms with Crippen LogP contribution in [-0.2, 0) is 0 Å². The molecule has 0 saturated heterocycles. The topological polar surface area (TPSA) is 43.3 Å². The minimum absolute atomic E-state index is 0.346. The van der Waals surface area contributed by atoms with E-state index in [2.05, 4.69) is 20.9 Å². The van der Waals surface area contributed by atoms with Crippen LogP contribution >= 0.6 is 15.9 Å². The molecule has 1 aromatic carbocycles. The number of imidazole rings is 1. The van der Waals surface area contributed by atoms with Gasteiger partial charge < -0.3 is 5.73 Å². The second-order valence-electron chi connectivity index (χ2n) is 4.40. The number of aromatic nitrogens is 2. The normalized spacial score (nSPS) is 11.1. The Hall–Kier alpha value is -1.88. The molecule has 0 amide bonds. The van der Waals surface area contributed by atoms with Crippen LogP contribution in [0.25, 0.3) is 16.9 Å². The minimum Gasteiger partial charge on any atom is -0.383 e. The number of hydrogen-bond donors (Lipinski definition) is 1. The van der Waals surface area contributed by atoms with Crippen molar-refractivity contribution in [1.82, 2.24) is 9.38 Å². The van der Waals surface area contributed by atoms with Crippen molar-refractivity contribution in [3.05, 3.63) is 52.4 Å². The maximum atomic E-state index is 14.0. The van der Waals surface area contributed by atoms with Gasteiger partial charge in [-0.1, -0.05) is 22.0 Å². The van der Waals surface area contributed by atoms with Crippen LogP contribution in [0.3, 0.4) is 0 Å². The predicted molar refractivity (Wildman–Crippen MR) is 77.4 cm³/mol. The lowest BCUT2D eigenvalue weighted by Gasteiger charge is -2.02. The Morgan fingerprint density at radius 3 is 2.79 bits per heavy atom. The molecule has 0 bridgehead atoms. The van der Waals surface area contributed by atoms with Crippen LogP contribution in [0.5, 0.6) is 0 Å². The van der Waals surface area contributed by atoms with Crippen LogP contribution < -0.4 is 5.73 Å². The minimum atomic E-state index is -0.346.